The highest BCUT2D eigenvalue weighted by atomic mass is 35.5. The third-order valence-corrected chi connectivity index (χ3v) is 1.72. The summed E-state index contributed by atoms with van der Waals surface area (Å²) in [5.74, 6) is -4.38. The van der Waals surface area contributed by atoms with E-state index in [4.69, 9.17) is 16.7 Å². The number of ketones is 1. The number of phenols is 1. The van der Waals surface area contributed by atoms with Crippen molar-refractivity contribution in [3.8, 4) is 5.75 Å². The van der Waals surface area contributed by atoms with E-state index in [1.54, 1.807) is 0 Å². The second kappa shape index (κ2) is 3.70. The van der Waals surface area contributed by atoms with Crippen molar-refractivity contribution >= 4 is 17.4 Å². The quantitative estimate of drug-likeness (QED) is 0.594. The van der Waals surface area contributed by atoms with Crippen LogP contribution in [0.5, 0.6) is 5.75 Å². The summed E-state index contributed by atoms with van der Waals surface area (Å²) in [6, 6.07) is 1.49. The lowest BCUT2D eigenvalue weighted by molar-refractivity contribution is 0.101. The standard InChI is InChI=1S/C8H5ClF2O2/c9-3-6(12)7-4(10)1-2-5(11)8(7)13/h1-2,13H,3H2. The molecule has 0 saturated heterocycles. The Morgan fingerprint density at radius 1 is 1.38 bits per heavy atom. The predicted octanol–water partition coefficient (Wildman–Crippen LogP) is 2.09. The highest BCUT2D eigenvalue weighted by molar-refractivity contribution is 6.30. The molecular formula is C8H5ClF2O2. The first-order valence-electron chi connectivity index (χ1n) is 3.34. The third-order valence-electron chi connectivity index (χ3n) is 1.48. The smallest absolute Gasteiger partial charge is 0.184 e. The highest BCUT2D eigenvalue weighted by Gasteiger charge is 2.18. The summed E-state index contributed by atoms with van der Waals surface area (Å²) in [5, 5.41) is 8.99. The van der Waals surface area contributed by atoms with Crippen LogP contribution in [-0.4, -0.2) is 16.8 Å². The molecule has 0 aromatic heterocycles. The van der Waals surface area contributed by atoms with Crippen LogP contribution < -0.4 is 0 Å². The fourth-order valence-corrected chi connectivity index (χ4v) is 1.01. The lowest BCUT2D eigenvalue weighted by Gasteiger charge is -2.03. The van der Waals surface area contributed by atoms with Gasteiger partial charge >= 0.3 is 0 Å². The second-order valence-corrected chi connectivity index (χ2v) is 2.58. The molecule has 0 fully saturated rings. The molecule has 1 N–H and O–H groups in total. The van der Waals surface area contributed by atoms with Gasteiger partial charge in [0.25, 0.3) is 0 Å². The van der Waals surface area contributed by atoms with Gasteiger partial charge in [0.2, 0.25) is 0 Å². The third kappa shape index (κ3) is 1.78. The zero-order valence-corrected chi connectivity index (χ0v) is 7.11. The van der Waals surface area contributed by atoms with Gasteiger partial charge in [0.15, 0.2) is 17.3 Å². The summed E-state index contributed by atoms with van der Waals surface area (Å²) in [6.45, 7) is 0. The van der Waals surface area contributed by atoms with Gasteiger partial charge in [-0.15, -0.1) is 11.6 Å². The van der Waals surface area contributed by atoms with Gasteiger partial charge in [0.1, 0.15) is 5.82 Å². The molecular weight excluding hydrogens is 202 g/mol. The van der Waals surface area contributed by atoms with E-state index in [2.05, 4.69) is 0 Å². The molecule has 0 amide bonds. The molecule has 1 aromatic rings. The number of carbonyl (C=O) groups excluding carboxylic acids is 1. The summed E-state index contributed by atoms with van der Waals surface area (Å²) in [7, 11) is 0. The van der Waals surface area contributed by atoms with E-state index in [1.165, 1.54) is 0 Å². The van der Waals surface area contributed by atoms with E-state index < -0.39 is 34.6 Å². The Kier molecular flexibility index (Phi) is 2.83. The number of phenolic OH excluding ortho intramolecular Hbond substituents is 1. The summed E-state index contributed by atoms with van der Waals surface area (Å²) >= 11 is 5.13. The molecule has 0 bridgehead atoms. The minimum absolute atomic E-state index is 0.506. The molecule has 13 heavy (non-hydrogen) atoms. The van der Waals surface area contributed by atoms with Gasteiger partial charge in [-0.25, -0.2) is 8.78 Å². The molecule has 1 aromatic carbocycles. The van der Waals surface area contributed by atoms with E-state index >= 15 is 0 Å². The van der Waals surface area contributed by atoms with E-state index in [9.17, 15) is 13.6 Å². The zero-order chi connectivity index (χ0) is 10.0. The minimum atomic E-state index is -1.05. The van der Waals surface area contributed by atoms with Gasteiger partial charge < -0.3 is 5.11 Å². The molecule has 0 unspecified atom stereocenters. The maximum atomic E-state index is 12.9. The van der Waals surface area contributed by atoms with Gasteiger partial charge in [-0.1, -0.05) is 0 Å². The maximum Gasteiger partial charge on any atom is 0.184 e. The Morgan fingerprint density at radius 3 is 2.46 bits per heavy atom. The first-order chi connectivity index (χ1) is 6.07. The monoisotopic (exact) mass is 206 g/mol. The first-order valence-corrected chi connectivity index (χ1v) is 3.87. The van der Waals surface area contributed by atoms with Crippen LogP contribution in [-0.2, 0) is 0 Å². The fourth-order valence-electron chi connectivity index (χ4n) is 0.873. The van der Waals surface area contributed by atoms with E-state index in [0.717, 1.165) is 12.1 Å². The number of aromatic hydroxyl groups is 1. The molecule has 1 rings (SSSR count). The van der Waals surface area contributed by atoms with Crippen molar-refractivity contribution in [1.29, 1.82) is 0 Å². The van der Waals surface area contributed by atoms with Crippen LogP contribution in [0.2, 0.25) is 0 Å². The second-order valence-electron chi connectivity index (χ2n) is 2.31. The summed E-state index contributed by atoms with van der Waals surface area (Å²) in [4.78, 5) is 10.9. The number of carbonyl (C=O) groups is 1. The van der Waals surface area contributed by atoms with Gasteiger partial charge in [-0.05, 0) is 12.1 Å². The van der Waals surface area contributed by atoms with Crippen molar-refractivity contribution in [2.75, 3.05) is 5.88 Å². The van der Waals surface area contributed by atoms with Crippen molar-refractivity contribution < 1.29 is 18.7 Å². The summed E-state index contributed by atoms with van der Waals surface area (Å²) in [5.41, 5.74) is -0.699. The Bertz CT molecular complexity index is 352. The minimum Gasteiger partial charge on any atom is -0.504 e. The Hall–Kier alpha value is -1.16. The zero-order valence-electron chi connectivity index (χ0n) is 6.35. The van der Waals surface area contributed by atoms with Crippen molar-refractivity contribution in [2.24, 2.45) is 0 Å². The van der Waals surface area contributed by atoms with Gasteiger partial charge in [-0.3, -0.25) is 4.79 Å². The van der Waals surface area contributed by atoms with E-state index in [0.29, 0.717) is 0 Å². The lowest BCUT2D eigenvalue weighted by atomic mass is 10.1. The molecule has 0 aliphatic carbocycles. The molecule has 2 nitrogen and oxygen atoms in total. The van der Waals surface area contributed by atoms with Crippen molar-refractivity contribution in [2.45, 2.75) is 0 Å². The number of halogens is 3. The van der Waals surface area contributed by atoms with Gasteiger partial charge in [-0.2, -0.15) is 0 Å². The first kappa shape index (κ1) is 9.92. The normalized spacial score (nSPS) is 10.1. The Balaban J connectivity index is 3.33. The molecule has 0 aliphatic rings. The van der Waals surface area contributed by atoms with Crippen LogP contribution in [0.25, 0.3) is 0 Å². The van der Waals surface area contributed by atoms with Gasteiger partial charge in [0.05, 0.1) is 11.4 Å². The van der Waals surface area contributed by atoms with Crippen LogP contribution in [0, 0.1) is 11.6 Å². The maximum absolute atomic E-state index is 12.9. The number of benzene rings is 1. The number of hydrogen-bond donors (Lipinski definition) is 1. The number of Topliss-reactive ketones (excluding diaryl/α,β-unsaturated/α-hetero) is 1. The highest BCUT2D eigenvalue weighted by Crippen LogP contribution is 2.24. The molecule has 5 heteroatoms. The van der Waals surface area contributed by atoms with E-state index in [-0.39, 0.29) is 0 Å². The largest absolute Gasteiger partial charge is 0.504 e. The van der Waals surface area contributed by atoms with Crippen LogP contribution >= 0.6 is 11.6 Å². The van der Waals surface area contributed by atoms with Crippen LogP contribution in [0.3, 0.4) is 0 Å². The number of hydrogen-bond acceptors (Lipinski definition) is 2. The van der Waals surface area contributed by atoms with Crippen molar-refractivity contribution in [3.05, 3.63) is 29.3 Å². The van der Waals surface area contributed by atoms with Crippen LogP contribution in [0.4, 0.5) is 8.78 Å². The van der Waals surface area contributed by atoms with Crippen LogP contribution in [0.15, 0.2) is 12.1 Å². The lowest BCUT2D eigenvalue weighted by Crippen LogP contribution is -2.05. The SMILES string of the molecule is O=C(CCl)c1c(F)ccc(F)c1O. The molecule has 0 aliphatic heterocycles. The molecule has 0 spiro atoms. The average Bonchev–Trinajstić information content (AvgIpc) is 2.12. The summed E-state index contributed by atoms with van der Waals surface area (Å²) < 4.78 is 25.5. The van der Waals surface area contributed by atoms with Gasteiger partial charge in [0, 0.05) is 0 Å². The number of alkyl halides is 1. The van der Waals surface area contributed by atoms with Crippen LogP contribution in [0.1, 0.15) is 10.4 Å². The molecule has 0 radical (unpaired) electrons. The fraction of sp³-hybridized carbons (Fsp3) is 0.125. The molecule has 0 saturated carbocycles. The van der Waals surface area contributed by atoms with E-state index in [1.807, 2.05) is 0 Å². The van der Waals surface area contributed by atoms with Crippen molar-refractivity contribution in [3.63, 3.8) is 0 Å². The number of rotatable bonds is 2. The Labute approximate surface area is 77.8 Å². The topological polar surface area (TPSA) is 37.3 Å². The van der Waals surface area contributed by atoms with Crippen molar-refractivity contribution in [1.82, 2.24) is 0 Å². The molecule has 70 valence electrons. The molecule has 0 heterocycles. The molecule has 0 atom stereocenters. The predicted molar refractivity (Wildman–Crippen MR) is 43.1 cm³/mol. The Morgan fingerprint density at radius 2 is 1.92 bits per heavy atom. The average molecular weight is 207 g/mol. The summed E-state index contributed by atoms with van der Waals surface area (Å²) in [6.07, 6.45) is 0.